The number of fused-ring (bicyclic) bond motifs is 2. The van der Waals surface area contributed by atoms with Gasteiger partial charge in [0, 0.05) is 31.4 Å². The van der Waals surface area contributed by atoms with Gasteiger partial charge in [-0.15, -0.1) is 0 Å². The van der Waals surface area contributed by atoms with Crippen molar-refractivity contribution in [2.24, 2.45) is 13.0 Å². The highest BCUT2D eigenvalue weighted by atomic mass is 19.3. The molecule has 1 aromatic carbocycles. The second-order valence-electron chi connectivity index (χ2n) is 7.99. The molecule has 2 aliphatic rings. The molecule has 0 unspecified atom stereocenters. The van der Waals surface area contributed by atoms with Crippen LogP contribution < -0.4 is 15.2 Å². The maximum Gasteiger partial charge on any atom is 0.387 e. The molecule has 1 aliphatic heterocycles. The highest BCUT2D eigenvalue weighted by Gasteiger charge is 2.52. The smallest absolute Gasteiger partial charge is 0.387 e. The number of nitrogens with zero attached hydrogens (tertiary/aromatic N) is 7. The van der Waals surface area contributed by atoms with Crippen molar-refractivity contribution in [3.63, 3.8) is 0 Å². The molecule has 3 aromatic heterocycles. The van der Waals surface area contributed by atoms with Gasteiger partial charge >= 0.3 is 6.61 Å². The standard InChI is InChI=1S/C21H17F2N7O3/c1-28-9-24-19-17(28)20(31)30(10-25-19)8-15-26-18(27-33-15)16-13-6-29(7-14(13)16)11-2-4-12(5-3-11)32-21(22)23/h2-6,9-10,14,16,21H,7-8H2,1H3/t14-,16-/m1/s1. The molecule has 1 fully saturated rings. The van der Waals surface area contributed by atoms with E-state index < -0.39 is 6.61 Å². The molecule has 0 amide bonds. The van der Waals surface area contributed by atoms with Gasteiger partial charge in [-0.1, -0.05) is 5.16 Å². The molecule has 0 saturated heterocycles. The maximum atomic E-state index is 12.7. The van der Waals surface area contributed by atoms with Gasteiger partial charge in [0.25, 0.3) is 5.56 Å². The van der Waals surface area contributed by atoms with Gasteiger partial charge in [-0.2, -0.15) is 13.8 Å². The fraction of sp³-hybridized carbons (Fsp3) is 0.286. The number of anilines is 1. The minimum Gasteiger partial charge on any atom is -0.435 e. The van der Waals surface area contributed by atoms with Gasteiger partial charge in [0.2, 0.25) is 5.89 Å². The van der Waals surface area contributed by atoms with Crippen molar-refractivity contribution in [3.05, 3.63) is 70.8 Å². The Morgan fingerprint density at radius 1 is 1.21 bits per heavy atom. The molecule has 4 aromatic rings. The fourth-order valence-electron chi connectivity index (χ4n) is 4.29. The van der Waals surface area contributed by atoms with E-state index in [1.807, 2.05) is 6.20 Å². The quantitative estimate of drug-likeness (QED) is 0.438. The second-order valence-corrected chi connectivity index (χ2v) is 7.99. The SMILES string of the molecule is Cn1cnc2ncn(Cc3nc([C@@H]4C5=CN(c6ccc(OC(F)F)cc6)C[C@H]54)no3)c(=O)c21. The topological polar surface area (TPSA) is 104 Å². The van der Waals surface area contributed by atoms with Crippen LogP contribution in [0.2, 0.25) is 0 Å². The third-order valence-corrected chi connectivity index (χ3v) is 5.94. The maximum absolute atomic E-state index is 12.7. The van der Waals surface area contributed by atoms with Gasteiger partial charge in [0.15, 0.2) is 17.0 Å². The van der Waals surface area contributed by atoms with Crippen LogP contribution in [0.15, 0.2) is 58.0 Å². The van der Waals surface area contributed by atoms with Crippen molar-refractivity contribution in [1.29, 1.82) is 0 Å². The predicted molar refractivity (Wildman–Crippen MR) is 111 cm³/mol. The van der Waals surface area contributed by atoms with Crippen molar-refractivity contribution in [2.45, 2.75) is 19.1 Å². The number of rotatable bonds is 6. The summed E-state index contributed by atoms with van der Waals surface area (Å²) in [6.45, 7) is -1.99. The summed E-state index contributed by atoms with van der Waals surface area (Å²) in [5.41, 5.74) is 2.65. The van der Waals surface area contributed by atoms with E-state index >= 15 is 0 Å². The Morgan fingerprint density at radius 3 is 2.73 bits per heavy atom. The summed E-state index contributed by atoms with van der Waals surface area (Å²) >= 11 is 0. The van der Waals surface area contributed by atoms with Crippen LogP contribution in [0, 0.1) is 5.92 Å². The molecule has 1 aliphatic carbocycles. The number of hydrogen-bond acceptors (Lipinski definition) is 8. The van der Waals surface area contributed by atoms with Crippen molar-refractivity contribution < 1.29 is 18.0 Å². The first-order chi connectivity index (χ1) is 16.0. The summed E-state index contributed by atoms with van der Waals surface area (Å²) in [5, 5.41) is 4.11. The molecule has 0 bridgehead atoms. The number of halogens is 2. The van der Waals surface area contributed by atoms with Crippen LogP contribution in [0.5, 0.6) is 5.75 Å². The average molecular weight is 453 g/mol. The molecular weight excluding hydrogens is 436 g/mol. The summed E-state index contributed by atoms with van der Waals surface area (Å²) < 4.78 is 37.4. The molecule has 6 rings (SSSR count). The highest BCUT2D eigenvalue weighted by Crippen LogP contribution is 2.56. The summed E-state index contributed by atoms with van der Waals surface area (Å²) in [6, 6.07) is 6.52. The van der Waals surface area contributed by atoms with E-state index in [0.29, 0.717) is 22.9 Å². The van der Waals surface area contributed by atoms with E-state index in [-0.39, 0.29) is 29.7 Å². The molecule has 4 heterocycles. The first-order valence-electron chi connectivity index (χ1n) is 10.2. The third-order valence-electron chi connectivity index (χ3n) is 5.94. The first kappa shape index (κ1) is 19.6. The lowest BCUT2D eigenvalue weighted by atomic mass is 10.2. The number of alkyl halides is 2. The lowest BCUT2D eigenvalue weighted by Crippen LogP contribution is -2.22. The molecule has 168 valence electrons. The lowest BCUT2D eigenvalue weighted by Gasteiger charge is -2.18. The van der Waals surface area contributed by atoms with Gasteiger partial charge in [-0.3, -0.25) is 9.36 Å². The Morgan fingerprint density at radius 2 is 2.00 bits per heavy atom. The number of imidazole rings is 1. The molecule has 10 nitrogen and oxygen atoms in total. The number of aryl methyl sites for hydroxylation is 1. The normalized spacial score (nSPS) is 19.3. The molecule has 1 saturated carbocycles. The van der Waals surface area contributed by atoms with Gasteiger partial charge < -0.3 is 18.7 Å². The number of aromatic nitrogens is 6. The lowest BCUT2D eigenvalue weighted by molar-refractivity contribution is -0.0498. The van der Waals surface area contributed by atoms with Crippen molar-refractivity contribution in [3.8, 4) is 5.75 Å². The number of ether oxygens (including phenoxy) is 1. The van der Waals surface area contributed by atoms with Crippen molar-refractivity contribution in [1.82, 2.24) is 29.2 Å². The zero-order valence-corrected chi connectivity index (χ0v) is 17.3. The highest BCUT2D eigenvalue weighted by molar-refractivity contribution is 5.68. The van der Waals surface area contributed by atoms with Crippen molar-refractivity contribution in [2.75, 3.05) is 11.4 Å². The van der Waals surface area contributed by atoms with Crippen LogP contribution in [0.25, 0.3) is 11.2 Å². The van der Waals surface area contributed by atoms with E-state index in [9.17, 15) is 13.6 Å². The summed E-state index contributed by atoms with van der Waals surface area (Å²) in [7, 11) is 1.74. The Balaban J connectivity index is 1.15. The summed E-state index contributed by atoms with van der Waals surface area (Å²) in [4.78, 5) is 27.5. The van der Waals surface area contributed by atoms with E-state index in [4.69, 9.17) is 4.52 Å². The summed E-state index contributed by atoms with van der Waals surface area (Å²) in [5.74, 6) is 1.38. The molecule has 0 radical (unpaired) electrons. The van der Waals surface area contributed by atoms with Gasteiger partial charge in [0.1, 0.15) is 18.6 Å². The van der Waals surface area contributed by atoms with Crippen LogP contribution in [0.3, 0.4) is 0 Å². The Bertz CT molecular complexity index is 1440. The van der Waals surface area contributed by atoms with Crippen LogP contribution in [-0.2, 0) is 13.6 Å². The average Bonchev–Trinajstić information content (AvgIpc) is 3.20. The largest absolute Gasteiger partial charge is 0.435 e. The number of benzene rings is 1. The second kappa shape index (κ2) is 7.22. The van der Waals surface area contributed by atoms with Crippen LogP contribution in [0.4, 0.5) is 14.5 Å². The summed E-state index contributed by atoms with van der Waals surface area (Å²) in [6.07, 6.45) is 4.99. The van der Waals surface area contributed by atoms with Gasteiger partial charge in [-0.25, -0.2) is 9.97 Å². The molecule has 12 heteroatoms. The molecule has 33 heavy (non-hydrogen) atoms. The van der Waals surface area contributed by atoms with Crippen LogP contribution in [0.1, 0.15) is 17.6 Å². The van der Waals surface area contributed by atoms with E-state index in [1.54, 1.807) is 30.1 Å². The van der Waals surface area contributed by atoms with Crippen LogP contribution >= 0.6 is 0 Å². The van der Waals surface area contributed by atoms with Gasteiger partial charge in [0.05, 0.1) is 12.2 Å². The monoisotopic (exact) mass is 453 g/mol. The first-order valence-corrected chi connectivity index (χ1v) is 10.2. The van der Waals surface area contributed by atoms with E-state index in [2.05, 4.69) is 29.7 Å². The minimum absolute atomic E-state index is 0.0783. The number of hydrogen-bond donors (Lipinski definition) is 0. The fourth-order valence-corrected chi connectivity index (χ4v) is 4.29. The zero-order chi connectivity index (χ0) is 22.7. The minimum atomic E-state index is -2.84. The molecule has 2 atom stereocenters. The van der Waals surface area contributed by atoms with E-state index in [0.717, 1.165) is 12.2 Å². The Hall–Kier alpha value is -4.09. The Labute approximate surface area is 184 Å². The predicted octanol–water partition coefficient (Wildman–Crippen LogP) is 2.28. The van der Waals surface area contributed by atoms with E-state index in [1.165, 1.54) is 28.6 Å². The molecular formula is C21H17F2N7O3. The van der Waals surface area contributed by atoms with Gasteiger partial charge in [-0.05, 0) is 29.8 Å². The Kier molecular flexibility index (Phi) is 4.28. The molecule has 0 N–H and O–H groups in total. The van der Waals surface area contributed by atoms with Crippen molar-refractivity contribution >= 4 is 16.9 Å². The molecule has 0 spiro atoms. The van der Waals surface area contributed by atoms with Crippen LogP contribution in [-0.4, -0.2) is 42.4 Å². The zero-order valence-electron chi connectivity index (χ0n) is 17.3. The third kappa shape index (κ3) is 3.34.